The number of anilines is 3. The van der Waals surface area contributed by atoms with E-state index >= 15 is 0 Å². The van der Waals surface area contributed by atoms with Crippen LogP contribution >= 0.6 is 0 Å². The van der Waals surface area contributed by atoms with E-state index in [0.29, 0.717) is 48.4 Å². The lowest BCUT2D eigenvalue weighted by molar-refractivity contribution is -0.137. The van der Waals surface area contributed by atoms with Crippen molar-refractivity contribution in [2.75, 3.05) is 55.2 Å². The Kier molecular flexibility index (Phi) is 10.5. The number of nitrogens with zero attached hydrogens (tertiary/aromatic N) is 6. The molecule has 0 aliphatic carbocycles. The lowest BCUT2D eigenvalue weighted by Gasteiger charge is -2.34. The summed E-state index contributed by atoms with van der Waals surface area (Å²) in [6.07, 6.45) is 0.351. The SMILES string of the molecule is CCN1CCN(Cc2cc(NC(=O)Nc3cccc(Cc4nccn4-c4ccnc(NCC(C)O)n4)c3)cc(C(F)(F)F)c2)CC1. The van der Waals surface area contributed by atoms with E-state index in [9.17, 15) is 23.1 Å². The number of aliphatic hydroxyl groups is 1. The summed E-state index contributed by atoms with van der Waals surface area (Å²) < 4.78 is 43.1. The molecule has 46 heavy (non-hydrogen) atoms. The number of benzene rings is 2. The second-order valence-corrected chi connectivity index (χ2v) is 11.3. The van der Waals surface area contributed by atoms with Crippen molar-refractivity contribution in [1.29, 1.82) is 0 Å². The first kappa shape index (κ1) is 32.9. The number of urea groups is 1. The molecule has 2 aromatic carbocycles. The molecule has 2 amide bonds. The van der Waals surface area contributed by atoms with Crippen LogP contribution < -0.4 is 16.0 Å². The Morgan fingerprint density at radius 2 is 1.70 bits per heavy atom. The third-order valence-electron chi connectivity index (χ3n) is 7.60. The Morgan fingerprint density at radius 3 is 2.43 bits per heavy atom. The maximum Gasteiger partial charge on any atom is 0.416 e. The van der Waals surface area contributed by atoms with E-state index < -0.39 is 23.9 Å². The van der Waals surface area contributed by atoms with Crippen LogP contribution in [0.2, 0.25) is 0 Å². The van der Waals surface area contributed by atoms with Gasteiger partial charge < -0.3 is 26.0 Å². The topological polar surface area (TPSA) is 123 Å². The number of amides is 2. The molecule has 1 saturated heterocycles. The maximum absolute atomic E-state index is 13.8. The van der Waals surface area contributed by atoms with Crippen molar-refractivity contribution < 1.29 is 23.1 Å². The predicted molar refractivity (Wildman–Crippen MR) is 170 cm³/mol. The molecule has 1 aliphatic heterocycles. The van der Waals surface area contributed by atoms with Gasteiger partial charge in [-0.25, -0.2) is 14.8 Å². The Balaban J connectivity index is 1.25. The summed E-state index contributed by atoms with van der Waals surface area (Å²) in [5, 5.41) is 17.8. The van der Waals surface area contributed by atoms with E-state index in [2.05, 4.69) is 47.6 Å². The Bertz CT molecular complexity index is 1620. The van der Waals surface area contributed by atoms with Crippen LogP contribution in [-0.4, -0.2) is 85.8 Å². The minimum Gasteiger partial charge on any atom is -0.392 e. The average molecular weight is 638 g/mol. The first-order valence-corrected chi connectivity index (χ1v) is 15.2. The molecule has 5 rings (SSSR count). The number of hydrogen-bond acceptors (Lipinski definition) is 8. The van der Waals surface area contributed by atoms with Gasteiger partial charge in [-0.1, -0.05) is 19.1 Å². The number of hydrogen-bond donors (Lipinski definition) is 4. The number of imidazole rings is 1. The summed E-state index contributed by atoms with van der Waals surface area (Å²) in [5.41, 5.74) is 1.07. The fraction of sp³-hybridized carbons (Fsp3) is 0.375. The van der Waals surface area contributed by atoms with E-state index in [1.165, 1.54) is 0 Å². The highest BCUT2D eigenvalue weighted by Crippen LogP contribution is 2.32. The fourth-order valence-electron chi connectivity index (χ4n) is 5.26. The van der Waals surface area contributed by atoms with Crippen LogP contribution in [0, 0.1) is 0 Å². The van der Waals surface area contributed by atoms with E-state index in [1.54, 1.807) is 55.8 Å². The number of likely N-dealkylation sites (N-methyl/N-ethyl adjacent to an activating group) is 1. The van der Waals surface area contributed by atoms with Crippen molar-refractivity contribution in [3.8, 4) is 5.82 Å². The number of alkyl halides is 3. The summed E-state index contributed by atoms with van der Waals surface area (Å²) in [6, 6.07) is 11.9. The standard InChI is InChI=1S/C32H38F3N9O2/c1-3-42-11-13-43(14-12-42)21-24-15-25(32(33,34)35)19-27(17-24)40-31(46)39-26-6-4-5-23(16-26)18-29-36-9-10-44(29)28-7-8-37-30(41-28)38-20-22(2)45/h4-10,15-17,19,22,45H,3,11-14,18,20-21H2,1-2H3,(H,37,38,41)(H2,39,40,46). The molecule has 2 aromatic heterocycles. The van der Waals surface area contributed by atoms with Gasteiger partial charge in [0.25, 0.3) is 0 Å². The molecule has 0 radical (unpaired) electrons. The number of carbonyl (C=O) groups is 1. The summed E-state index contributed by atoms with van der Waals surface area (Å²) in [4.78, 5) is 30.5. The second-order valence-electron chi connectivity index (χ2n) is 11.3. The van der Waals surface area contributed by atoms with Crippen molar-refractivity contribution in [2.24, 2.45) is 0 Å². The zero-order chi connectivity index (χ0) is 32.7. The molecule has 1 aliphatic rings. The van der Waals surface area contributed by atoms with Gasteiger partial charge in [0.15, 0.2) is 0 Å². The number of nitrogens with one attached hydrogen (secondary N) is 3. The summed E-state index contributed by atoms with van der Waals surface area (Å²) in [7, 11) is 0. The number of piperazine rings is 1. The molecule has 3 heterocycles. The summed E-state index contributed by atoms with van der Waals surface area (Å²) >= 11 is 0. The van der Waals surface area contributed by atoms with Crippen molar-refractivity contribution in [1.82, 2.24) is 29.3 Å². The predicted octanol–water partition coefficient (Wildman–Crippen LogP) is 4.85. The van der Waals surface area contributed by atoms with Gasteiger partial charge in [0.2, 0.25) is 5.95 Å². The molecule has 0 spiro atoms. The zero-order valence-electron chi connectivity index (χ0n) is 25.8. The number of carbonyl (C=O) groups excluding carboxylic acids is 1. The van der Waals surface area contributed by atoms with Crippen LogP contribution in [0.4, 0.5) is 35.3 Å². The van der Waals surface area contributed by atoms with Gasteiger partial charge in [-0.3, -0.25) is 9.47 Å². The van der Waals surface area contributed by atoms with E-state index in [-0.39, 0.29) is 5.69 Å². The van der Waals surface area contributed by atoms with Gasteiger partial charge in [-0.05, 0) is 61.0 Å². The van der Waals surface area contributed by atoms with Gasteiger partial charge in [0, 0.05) is 75.7 Å². The lowest BCUT2D eigenvalue weighted by Crippen LogP contribution is -2.45. The van der Waals surface area contributed by atoms with Crippen LogP contribution in [-0.2, 0) is 19.1 Å². The van der Waals surface area contributed by atoms with Crippen LogP contribution in [0.1, 0.15) is 36.4 Å². The van der Waals surface area contributed by atoms with Crippen LogP contribution in [0.15, 0.2) is 67.1 Å². The quantitative estimate of drug-likeness (QED) is 0.184. The Hall–Kier alpha value is -4.53. The smallest absolute Gasteiger partial charge is 0.392 e. The van der Waals surface area contributed by atoms with Crippen molar-refractivity contribution in [3.05, 3.63) is 89.6 Å². The molecule has 1 unspecified atom stereocenters. The van der Waals surface area contributed by atoms with Crippen molar-refractivity contribution in [2.45, 2.75) is 39.1 Å². The van der Waals surface area contributed by atoms with Gasteiger partial charge in [-0.15, -0.1) is 0 Å². The summed E-state index contributed by atoms with van der Waals surface area (Å²) in [5.74, 6) is 1.65. The highest BCUT2D eigenvalue weighted by Gasteiger charge is 2.31. The normalized spacial score (nSPS) is 15.0. The highest BCUT2D eigenvalue weighted by molar-refractivity contribution is 5.99. The minimum absolute atomic E-state index is 0.0693. The summed E-state index contributed by atoms with van der Waals surface area (Å²) in [6.45, 7) is 8.65. The number of aromatic nitrogens is 4. The number of aliphatic hydroxyl groups excluding tert-OH is 1. The first-order chi connectivity index (χ1) is 22.1. The van der Waals surface area contributed by atoms with Gasteiger partial charge in [0.1, 0.15) is 11.6 Å². The minimum atomic E-state index is -4.55. The third kappa shape index (κ3) is 9.02. The molecule has 0 saturated carbocycles. The van der Waals surface area contributed by atoms with E-state index in [1.807, 2.05) is 10.6 Å². The molecule has 4 aromatic rings. The van der Waals surface area contributed by atoms with Gasteiger partial charge in [-0.2, -0.15) is 18.2 Å². The fourth-order valence-corrected chi connectivity index (χ4v) is 5.26. The molecule has 4 N–H and O–H groups in total. The average Bonchev–Trinajstić information content (AvgIpc) is 3.48. The molecule has 244 valence electrons. The number of halogens is 3. The maximum atomic E-state index is 13.8. The molecular weight excluding hydrogens is 599 g/mol. The van der Waals surface area contributed by atoms with Crippen molar-refractivity contribution in [3.63, 3.8) is 0 Å². The molecule has 0 bridgehead atoms. The monoisotopic (exact) mass is 637 g/mol. The van der Waals surface area contributed by atoms with Crippen LogP contribution in [0.3, 0.4) is 0 Å². The molecule has 14 heteroatoms. The molecular formula is C32H38F3N9O2. The van der Waals surface area contributed by atoms with Crippen LogP contribution in [0.5, 0.6) is 0 Å². The third-order valence-corrected chi connectivity index (χ3v) is 7.60. The largest absolute Gasteiger partial charge is 0.416 e. The van der Waals surface area contributed by atoms with E-state index in [4.69, 9.17) is 0 Å². The molecule has 11 nitrogen and oxygen atoms in total. The highest BCUT2D eigenvalue weighted by atomic mass is 19.4. The molecule has 1 atom stereocenters. The van der Waals surface area contributed by atoms with Crippen LogP contribution in [0.25, 0.3) is 5.82 Å². The number of rotatable bonds is 11. The first-order valence-electron chi connectivity index (χ1n) is 15.2. The van der Waals surface area contributed by atoms with E-state index in [0.717, 1.165) is 50.4 Å². The lowest BCUT2D eigenvalue weighted by atomic mass is 10.1. The Labute approximate surface area is 265 Å². The molecule has 1 fully saturated rings. The van der Waals surface area contributed by atoms with Gasteiger partial charge in [0.05, 0.1) is 11.7 Å². The van der Waals surface area contributed by atoms with Crippen molar-refractivity contribution >= 4 is 23.4 Å². The van der Waals surface area contributed by atoms with Gasteiger partial charge >= 0.3 is 12.2 Å². The Morgan fingerprint density at radius 1 is 0.957 bits per heavy atom. The second kappa shape index (κ2) is 14.7. The zero-order valence-corrected chi connectivity index (χ0v) is 25.8.